The molecule has 0 aliphatic carbocycles. The zero-order chi connectivity index (χ0) is 21.0. The van der Waals surface area contributed by atoms with E-state index in [1.807, 2.05) is 13.8 Å². The predicted molar refractivity (Wildman–Crippen MR) is 109 cm³/mol. The fourth-order valence-corrected chi connectivity index (χ4v) is 3.42. The van der Waals surface area contributed by atoms with Gasteiger partial charge in [-0.2, -0.15) is 8.42 Å². The van der Waals surface area contributed by atoms with Gasteiger partial charge in [0.2, 0.25) is 6.79 Å². The van der Waals surface area contributed by atoms with Gasteiger partial charge < -0.3 is 18.6 Å². The second-order valence-corrected chi connectivity index (χ2v) is 8.69. The first-order chi connectivity index (χ1) is 13.8. The molecule has 8 heteroatoms. The van der Waals surface area contributed by atoms with Gasteiger partial charge in [-0.15, -0.1) is 0 Å². The molecule has 1 aliphatic rings. The van der Waals surface area contributed by atoms with E-state index in [4.69, 9.17) is 13.7 Å². The number of nitrogens with zero attached hydrogens (tertiary/aromatic N) is 1. The molecule has 0 aromatic heterocycles. The van der Waals surface area contributed by atoms with Crippen molar-refractivity contribution in [2.24, 2.45) is 0 Å². The molecule has 2 aromatic carbocycles. The SMILES string of the molecule is CC[C@H](C)N(Cc1ccc(OS(=O)(=O)CC)cc1)C(=O)c1ccc2c(c1)OCO2. The van der Waals surface area contributed by atoms with Gasteiger partial charge in [-0.3, -0.25) is 4.79 Å². The molecule has 1 heterocycles. The molecule has 0 fully saturated rings. The van der Waals surface area contributed by atoms with Crippen molar-refractivity contribution in [3.05, 3.63) is 53.6 Å². The molecule has 7 nitrogen and oxygen atoms in total. The smallest absolute Gasteiger partial charge is 0.308 e. The first-order valence-electron chi connectivity index (χ1n) is 9.54. The number of ether oxygens (including phenoxy) is 2. The second-order valence-electron chi connectivity index (χ2n) is 6.83. The molecule has 1 aliphatic heterocycles. The summed E-state index contributed by atoms with van der Waals surface area (Å²) in [6.45, 7) is 6.09. The highest BCUT2D eigenvalue weighted by atomic mass is 32.2. The average Bonchev–Trinajstić information content (AvgIpc) is 3.20. The molecule has 0 saturated heterocycles. The van der Waals surface area contributed by atoms with Crippen molar-refractivity contribution in [1.82, 2.24) is 4.90 Å². The van der Waals surface area contributed by atoms with E-state index in [0.717, 1.165) is 12.0 Å². The summed E-state index contributed by atoms with van der Waals surface area (Å²) in [5.74, 6) is 1.26. The quantitative estimate of drug-likeness (QED) is 0.608. The topological polar surface area (TPSA) is 82.1 Å². The van der Waals surface area contributed by atoms with Gasteiger partial charge in [0.05, 0.1) is 5.75 Å². The molecule has 0 spiro atoms. The molecule has 1 amide bonds. The largest absolute Gasteiger partial charge is 0.454 e. The first kappa shape index (κ1) is 21.0. The van der Waals surface area contributed by atoms with Gasteiger partial charge >= 0.3 is 10.1 Å². The summed E-state index contributed by atoms with van der Waals surface area (Å²) >= 11 is 0. The van der Waals surface area contributed by atoms with Crippen LogP contribution in [0.15, 0.2) is 42.5 Å². The Kier molecular flexibility index (Phi) is 6.32. The third-order valence-corrected chi connectivity index (χ3v) is 6.01. The third-order valence-electron chi connectivity index (χ3n) is 4.86. The maximum atomic E-state index is 13.2. The Morgan fingerprint density at radius 1 is 1.10 bits per heavy atom. The highest BCUT2D eigenvalue weighted by Gasteiger charge is 2.23. The summed E-state index contributed by atoms with van der Waals surface area (Å²) in [4.78, 5) is 15.0. The van der Waals surface area contributed by atoms with Crippen LogP contribution < -0.4 is 13.7 Å². The maximum Gasteiger partial charge on any atom is 0.308 e. The first-order valence-corrected chi connectivity index (χ1v) is 11.1. The summed E-state index contributed by atoms with van der Waals surface area (Å²) in [6, 6.07) is 11.9. The van der Waals surface area contributed by atoms with Crippen LogP contribution in [0.5, 0.6) is 17.2 Å². The molecule has 156 valence electrons. The Morgan fingerprint density at radius 3 is 2.45 bits per heavy atom. The molecule has 0 N–H and O–H groups in total. The van der Waals surface area contributed by atoms with Crippen molar-refractivity contribution >= 4 is 16.0 Å². The lowest BCUT2D eigenvalue weighted by Crippen LogP contribution is -2.37. The van der Waals surface area contributed by atoms with Gasteiger partial charge in [0.1, 0.15) is 5.75 Å². The van der Waals surface area contributed by atoms with Crippen molar-refractivity contribution in [2.45, 2.75) is 39.8 Å². The predicted octanol–water partition coefficient (Wildman–Crippen LogP) is 3.58. The molecule has 0 unspecified atom stereocenters. The zero-order valence-electron chi connectivity index (χ0n) is 16.8. The van der Waals surface area contributed by atoms with E-state index >= 15 is 0 Å². The molecule has 2 aromatic rings. The van der Waals surface area contributed by atoms with Crippen molar-refractivity contribution in [3.63, 3.8) is 0 Å². The molecule has 0 saturated carbocycles. The summed E-state index contributed by atoms with van der Waals surface area (Å²) in [6.07, 6.45) is 0.798. The lowest BCUT2D eigenvalue weighted by atomic mass is 10.1. The van der Waals surface area contributed by atoms with Crippen LogP contribution in [-0.2, 0) is 16.7 Å². The summed E-state index contributed by atoms with van der Waals surface area (Å²) in [5.41, 5.74) is 1.41. The van der Waals surface area contributed by atoms with Crippen LogP contribution in [0.25, 0.3) is 0 Å². The number of hydrogen-bond acceptors (Lipinski definition) is 6. The van der Waals surface area contributed by atoms with Gasteiger partial charge in [0.15, 0.2) is 11.5 Å². The van der Waals surface area contributed by atoms with Crippen LogP contribution in [0.3, 0.4) is 0 Å². The number of rotatable bonds is 8. The van der Waals surface area contributed by atoms with Crippen molar-refractivity contribution in [1.29, 1.82) is 0 Å². The van der Waals surface area contributed by atoms with E-state index in [0.29, 0.717) is 23.6 Å². The Labute approximate surface area is 171 Å². The van der Waals surface area contributed by atoms with Crippen molar-refractivity contribution in [3.8, 4) is 17.2 Å². The highest BCUT2D eigenvalue weighted by Crippen LogP contribution is 2.33. The molecule has 0 radical (unpaired) electrons. The molecule has 0 bridgehead atoms. The van der Waals surface area contributed by atoms with Gasteiger partial charge in [-0.25, -0.2) is 0 Å². The van der Waals surface area contributed by atoms with Crippen LogP contribution in [0, 0.1) is 0 Å². The lowest BCUT2D eigenvalue weighted by molar-refractivity contribution is 0.0671. The van der Waals surface area contributed by atoms with E-state index < -0.39 is 10.1 Å². The average molecular weight is 419 g/mol. The summed E-state index contributed by atoms with van der Waals surface area (Å²) < 4.78 is 38.9. The second kappa shape index (κ2) is 8.73. The normalized spacial score (nSPS) is 13.8. The Morgan fingerprint density at radius 2 is 1.79 bits per heavy atom. The molecule has 29 heavy (non-hydrogen) atoms. The summed E-state index contributed by atoms with van der Waals surface area (Å²) in [7, 11) is -3.57. The minimum atomic E-state index is -3.57. The van der Waals surface area contributed by atoms with Gasteiger partial charge in [-0.05, 0) is 56.2 Å². The fraction of sp³-hybridized carbons (Fsp3) is 0.381. The van der Waals surface area contributed by atoms with Crippen LogP contribution in [0.2, 0.25) is 0 Å². The number of fused-ring (bicyclic) bond motifs is 1. The van der Waals surface area contributed by atoms with Crippen LogP contribution >= 0.6 is 0 Å². The van der Waals surface area contributed by atoms with Crippen LogP contribution in [0.1, 0.15) is 43.1 Å². The maximum absolute atomic E-state index is 13.2. The Balaban J connectivity index is 1.78. The Hall–Kier alpha value is -2.74. The lowest BCUT2D eigenvalue weighted by Gasteiger charge is -2.29. The van der Waals surface area contributed by atoms with E-state index in [1.54, 1.807) is 47.4 Å². The van der Waals surface area contributed by atoms with E-state index in [-0.39, 0.29) is 30.2 Å². The van der Waals surface area contributed by atoms with E-state index in [1.165, 1.54) is 6.92 Å². The third kappa shape index (κ3) is 5.00. The number of carbonyl (C=O) groups is 1. The minimum Gasteiger partial charge on any atom is -0.454 e. The zero-order valence-corrected chi connectivity index (χ0v) is 17.6. The van der Waals surface area contributed by atoms with E-state index in [2.05, 4.69) is 0 Å². The highest BCUT2D eigenvalue weighted by molar-refractivity contribution is 7.87. The van der Waals surface area contributed by atoms with Crippen LogP contribution in [-0.4, -0.2) is 37.8 Å². The number of benzene rings is 2. The molecular weight excluding hydrogens is 394 g/mol. The Bertz CT molecular complexity index is 971. The van der Waals surface area contributed by atoms with Crippen molar-refractivity contribution < 1.29 is 26.9 Å². The van der Waals surface area contributed by atoms with Crippen LogP contribution in [0.4, 0.5) is 0 Å². The standard InChI is InChI=1S/C21H25NO6S/c1-4-15(3)22(21(23)17-8-11-19-20(12-17)27-14-26-19)13-16-6-9-18(10-7-16)28-29(24,25)5-2/h6-12,15H,4-5,13-14H2,1-3H3/t15-/m0/s1. The molecule has 3 rings (SSSR count). The van der Waals surface area contributed by atoms with Crippen molar-refractivity contribution in [2.75, 3.05) is 12.5 Å². The monoisotopic (exact) mass is 419 g/mol. The number of amides is 1. The van der Waals surface area contributed by atoms with Gasteiger partial charge in [-0.1, -0.05) is 19.1 Å². The van der Waals surface area contributed by atoms with Gasteiger partial charge in [0, 0.05) is 18.2 Å². The molecule has 1 atom stereocenters. The van der Waals surface area contributed by atoms with Gasteiger partial charge in [0.25, 0.3) is 5.91 Å². The number of hydrogen-bond donors (Lipinski definition) is 0. The summed E-state index contributed by atoms with van der Waals surface area (Å²) in [5, 5.41) is 0. The molecular formula is C21H25NO6S. The van der Waals surface area contributed by atoms with E-state index in [9.17, 15) is 13.2 Å². The number of carbonyl (C=O) groups excluding carboxylic acids is 1. The fourth-order valence-electron chi connectivity index (χ4n) is 2.90. The minimum absolute atomic E-state index is 0.0179.